The lowest BCUT2D eigenvalue weighted by atomic mass is 9.90. The first kappa shape index (κ1) is 28.6. The maximum atomic E-state index is 12.9. The Morgan fingerprint density at radius 1 is 1.09 bits per heavy atom. The van der Waals surface area contributed by atoms with Gasteiger partial charge in [-0.2, -0.15) is 0 Å². The molecule has 1 aromatic rings. The largest absolute Gasteiger partial charge is 0.466 e. The van der Waals surface area contributed by atoms with E-state index in [-0.39, 0.29) is 6.42 Å². The second-order valence-electron chi connectivity index (χ2n) is 7.38. The van der Waals surface area contributed by atoms with Gasteiger partial charge in [0.25, 0.3) is 5.91 Å². The first-order valence-electron chi connectivity index (χ1n) is 10.4. The zero-order chi connectivity index (χ0) is 25.9. The summed E-state index contributed by atoms with van der Waals surface area (Å²) in [5.41, 5.74) is -3.44. The average Bonchev–Trinajstić information content (AvgIpc) is 2.81. The molecular weight excluding hydrogens is 446 g/mol. The molecule has 0 saturated carbocycles. The number of amides is 1. The average molecular weight is 478 g/mol. The molecule has 0 heterocycles. The molecule has 0 aliphatic heterocycles. The van der Waals surface area contributed by atoms with Crippen LogP contribution < -0.4 is 5.32 Å². The number of methoxy groups -OCH3 is 2. The van der Waals surface area contributed by atoms with Crippen LogP contribution in [0.25, 0.3) is 0 Å². The zero-order valence-corrected chi connectivity index (χ0v) is 20.2. The Hall–Kier alpha value is -3.42. The Balaban J connectivity index is 3.48. The van der Waals surface area contributed by atoms with E-state index in [2.05, 4.69) is 11.2 Å². The van der Waals surface area contributed by atoms with E-state index in [1.807, 2.05) is 0 Å². The summed E-state index contributed by atoms with van der Waals surface area (Å²) in [5, 5.41) is 2.42. The highest BCUT2D eigenvalue weighted by atomic mass is 16.6. The normalized spacial score (nSPS) is 15.9. The topological polar surface area (TPSA) is 126 Å². The van der Waals surface area contributed by atoms with Crippen molar-refractivity contribution in [1.29, 1.82) is 0 Å². The van der Waals surface area contributed by atoms with Gasteiger partial charge in [-0.15, -0.1) is 6.42 Å². The molecule has 186 valence electrons. The quantitative estimate of drug-likeness (QED) is 0.201. The SMILES string of the molecule is C#CC(OC(C)=O)([C@H](C)OC(C)=O)[C@@H](COC(Cc1ccccc1)(C(=O)NC)C(=O)OC)OC. The molecule has 0 aliphatic carbocycles. The molecule has 0 aliphatic rings. The number of esters is 3. The second-order valence-corrected chi connectivity index (χ2v) is 7.38. The molecule has 0 saturated heterocycles. The number of likely N-dealkylation sites (N-methyl/N-ethyl adjacent to an activating group) is 1. The highest BCUT2D eigenvalue weighted by molar-refractivity contribution is 6.06. The van der Waals surface area contributed by atoms with Crippen LogP contribution in [0.15, 0.2) is 30.3 Å². The van der Waals surface area contributed by atoms with Crippen molar-refractivity contribution < 1.29 is 42.9 Å². The molecule has 0 radical (unpaired) electrons. The van der Waals surface area contributed by atoms with Gasteiger partial charge in [0, 0.05) is 34.4 Å². The lowest BCUT2D eigenvalue weighted by Gasteiger charge is -2.39. The summed E-state index contributed by atoms with van der Waals surface area (Å²) in [4.78, 5) is 49.3. The number of terminal acetylenes is 1. The van der Waals surface area contributed by atoms with Gasteiger partial charge in [-0.05, 0) is 12.5 Å². The summed E-state index contributed by atoms with van der Waals surface area (Å²) in [5.74, 6) is -0.843. The predicted octanol–water partition coefficient (Wildman–Crippen LogP) is 0.805. The molecule has 34 heavy (non-hydrogen) atoms. The lowest BCUT2D eigenvalue weighted by molar-refractivity contribution is -0.207. The molecule has 10 nitrogen and oxygen atoms in total. The third-order valence-electron chi connectivity index (χ3n) is 5.13. The predicted molar refractivity (Wildman–Crippen MR) is 120 cm³/mol. The van der Waals surface area contributed by atoms with E-state index in [1.165, 1.54) is 21.1 Å². The number of rotatable bonds is 12. The molecule has 1 amide bonds. The Bertz CT molecular complexity index is 893. The van der Waals surface area contributed by atoms with Crippen molar-refractivity contribution in [2.45, 2.75) is 50.6 Å². The van der Waals surface area contributed by atoms with Gasteiger partial charge in [-0.1, -0.05) is 36.3 Å². The van der Waals surface area contributed by atoms with E-state index in [1.54, 1.807) is 30.3 Å². The van der Waals surface area contributed by atoms with Crippen LogP contribution in [0.1, 0.15) is 26.3 Å². The van der Waals surface area contributed by atoms with Crippen LogP contribution in [0.5, 0.6) is 0 Å². The van der Waals surface area contributed by atoms with E-state index in [4.69, 9.17) is 30.1 Å². The minimum atomic E-state index is -2.12. The zero-order valence-electron chi connectivity index (χ0n) is 20.2. The van der Waals surface area contributed by atoms with Crippen molar-refractivity contribution in [3.63, 3.8) is 0 Å². The number of hydrogen-bond donors (Lipinski definition) is 1. The van der Waals surface area contributed by atoms with E-state index in [0.717, 1.165) is 21.0 Å². The van der Waals surface area contributed by atoms with Crippen LogP contribution in [0.3, 0.4) is 0 Å². The van der Waals surface area contributed by atoms with E-state index in [0.29, 0.717) is 5.56 Å². The molecular formula is C24H31NO9. The van der Waals surface area contributed by atoms with Gasteiger partial charge in [0.1, 0.15) is 6.10 Å². The van der Waals surface area contributed by atoms with Crippen LogP contribution in [0.4, 0.5) is 0 Å². The Kier molecular flexibility index (Phi) is 10.7. The maximum Gasteiger partial charge on any atom is 0.348 e. The van der Waals surface area contributed by atoms with Crippen molar-refractivity contribution in [2.24, 2.45) is 0 Å². The summed E-state index contributed by atoms with van der Waals surface area (Å²) < 4.78 is 26.8. The number of benzene rings is 1. The molecule has 0 spiro atoms. The maximum absolute atomic E-state index is 12.9. The Morgan fingerprint density at radius 3 is 2.15 bits per heavy atom. The fourth-order valence-electron chi connectivity index (χ4n) is 3.48. The first-order chi connectivity index (χ1) is 16.0. The Morgan fingerprint density at radius 2 is 1.71 bits per heavy atom. The molecule has 1 N–H and O–H groups in total. The van der Waals surface area contributed by atoms with Crippen molar-refractivity contribution in [2.75, 3.05) is 27.9 Å². The molecule has 0 bridgehead atoms. The van der Waals surface area contributed by atoms with E-state index >= 15 is 0 Å². The molecule has 1 aromatic carbocycles. The summed E-state index contributed by atoms with van der Waals surface area (Å²) in [6.45, 7) is 3.21. The minimum absolute atomic E-state index is 0.174. The van der Waals surface area contributed by atoms with Gasteiger partial charge in [0.2, 0.25) is 11.2 Å². The third kappa shape index (κ3) is 6.56. The van der Waals surface area contributed by atoms with Gasteiger partial charge in [-0.3, -0.25) is 14.4 Å². The fourth-order valence-corrected chi connectivity index (χ4v) is 3.48. The number of carbonyl (C=O) groups is 4. The lowest BCUT2D eigenvalue weighted by Crippen LogP contribution is -2.61. The number of carbonyl (C=O) groups excluding carboxylic acids is 4. The van der Waals surface area contributed by atoms with Crippen LogP contribution >= 0.6 is 0 Å². The molecule has 10 heteroatoms. The summed E-state index contributed by atoms with van der Waals surface area (Å²) >= 11 is 0. The van der Waals surface area contributed by atoms with Crippen molar-refractivity contribution in [3.05, 3.63) is 35.9 Å². The minimum Gasteiger partial charge on any atom is -0.466 e. The number of ether oxygens (including phenoxy) is 5. The van der Waals surface area contributed by atoms with Crippen molar-refractivity contribution in [3.8, 4) is 12.3 Å². The monoisotopic (exact) mass is 477 g/mol. The van der Waals surface area contributed by atoms with Crippen molar-refractivity contribution >= 4 is 23.8 Å². The first-order valence-corrected chi connectivity index (χ1v) is 10.4. The van der Waals surface area contributed by atoms with Gasteiger partial charge >= 0.3 is 17.9 Å². The van der Waals surface area contributed by atoms with Gasteiger partial charge in [0.15, 0.2) is 6.10 Å². The van der Waals surface area contributed by atoms with Gasteiger partial charge in [0.05, 0.1) is 13.7 Å². The molecule has 0 fully saturated rings. The summed E-state index contributed by atoms with van der Waals surface area (Å²) in [6, 6.07) is 8.69. The summed E-state index contributed by atoms with van der Waals surface area (Å²) in [6.07, 6.45) is 3.14. The third-order valence-corrected chi connectivity index (χ3v) is 5.13. The van der Waals surface area contributed by atoms with Crippen LogP contribution in [-0.2, 0) is 49.3 Å². The molecule has 4 atom stereocenters. The van der Waals surface area contributed by atoms with Gasteiger partial charge < -0.3 is 29.0 Å². The van der Waals surface area contributed by atoms with Crippen LogP contribution in [-0.4, -0.2) is 75.1 Å². The van der Waals surface area contributed by atoms with E-state index < -0.39 is 53.8 Å². The highest BCUT2D eigenvalue weighted by Gasteiger charge is 2.53. The van der Waals surface area contributed by atoms with Crippen molar-refractivity contribution in [1.82, 2.24) is 5.32 Å². The van der Waals surface area contributed by atoms with E-state index in [9.17, 15) is 19.2 Å². The van der Waals surface area contributed by atoms with Gasteiger partial charge in [-0.25, -0.2) is 4.79 Å². The Labute approximate surface area is 199 Å². The number of hydrogen-bond acceptors (Lipinski definition) is 9. The molecule has 2 unspecified atom stereocenters. The fraction of sp³-hybridized carbons (Fsp3) is 0.500. The molecule has 0 aromatic heterocycles. The van der Waals surface area contributed by atoms with Crippen LogP contribution in [0, 0.1) is 12.3 Å². The molecule has 1 rings (SSSR count). The highest BCUT2D eigenvalue weighted by Crippen LogP contribution is 2.29. The smallest absolute Gasteiger partial charge is 0.348 e. The second kappa shape index (κ2) is 12.7. The standard InChI is InChI=1S/C24H31NO9/c1-8-23(34-18(4)27,16(2)33-17(3)26)20(30-6)15-32-24(21(28)25-5,22(29)31-7)14-19-12-10-9-11-13-19/h1,9-13,16,20H,14-15H2,2-7H3,(H,25,28)/t16-,20+,23?,24?/m0/s1. The van der Waals surface area contributed by atoms with Crippen LogP contribution in [0.2, 0.25) is 0 Å². The number of nitrogens with one attached hydrogen (secondary N) is 1. The summed E-state index contributed by atoms with van der Waals surface area (Å²) in [7, 11) is 3.73.